The molecule has 80 valence electrons. The first-order valence-corrected chi connectivity index (χ1v) is 4.95. The first-order valence-electron chi connectivity index (χ1n) is 4.95. The summed E-state index contributed by atoms with van der Waals surface area (Å²) in [6, 6.07) is 0.341. The maximum Gasteiger partial charge on any atom is 0.0636 e. The van der Waals surface area contributed by atoms with Crippen molar-refractivity contribution in [2.75, 3.05) is 6.54 Å². The Morgan fingerprint density at radius 3 is 2.50 bits per heavy atom. The molecular weight excluding hydrogens is 174 g/mol. The summed E-state index contributed by atoms with van der Waals surface area (Å²) < 4.78 is 0. The van der Waals surface area contributed by atoms with Crippen LogP contribution in [0.1, 0.15) is 20.3 Å². The Morgan fingerprint density at radius 2 is 2.07 bits per heavy atom. The molecule has 0 aromatic rings. The van der Waals surface area contributed by atoms with Crippen LogP contribution in [0.2, 0.25) is 0 Å². The molecule has 0 fully saturated rings. The standard InChI is InChI=1S/C12H21NO/c1-5-7-12(6-2)8-10(3)13-9-11(4)14/h5-7,10-11,13-14H,1-2,8-9H2,3-4H3/b12-7+/t10?,11-/m0/s1. The van der Waals surface area contributed by atoms with Gasteiger partial charge in [-0.1, -0.05) is 31.4 Å². The van der Waals surface area contributed by atoms with Crippen LogP contribution in [-0.2, 0) is 0 Å². The summed E-state index contributed by atoms with van der Waals surface area (Å²) in [4.78, 5) is 0. The molecule has 0 bridgehead atoms. The molecule has 2 nitrogen and oxygen atoms in total. The highest BCUT2D eigenvalue weighted by molar-refractivity contribution is 5.21. The molecule has 0 aliphatic carbocycles. The van der Waals surface area contributed by atoms with Crippen LogP contribution in [-0.4, -0.2) is 23.8 Å². The van der Waals surface area contributed by atoms with Crippen LogP contribution in [0.25, 0.3) is 0 Å². The smallest absolute Gasteiger partial charge is 0.0636 e. The Balaban J connectivity index is 3.90. The molecular formula is C12H21NO. The van der Waals surface area contributed by atoms with Gasteiger partial charge in [0.25, 0.3) is 0 Å². The predicted octanol–water partition coefficient (Wildman–Crippen LogP) is 2.03. The zero-order chi connectivity index (χ0) is 11.0. The van der Waals surface area contributed by atoms with Crippen LogP contribution in [0, 0.1) is 0 Å². The normalized spacial score (nSPS) is 16.1. The van der Waals surface area contributed by atoms with Gasteiger partial charge in [0.1, 0.15) is 0 Å². The number of hydrogen-bond donors (Lipinski definition) is 2. The van der Waals surface area contributed by atoms with Gasteiger partial charge in [0.05, 0.1) is 6.10 Å². The van der Waals surface area contributed by atoms with Crippen LogP contribution in [0.4, 0.5) is 0 Å². The van der Waals surface area contributed by atoms with Gasteiger partial charge in [-0.2, -0.15) is 0 Å². The lowest BCUT2D eigenvalue weighted by atomic mass is 10.1. The minimum absolute atomic E-state index is 0.298. The summed E-state index contributed by atoms with van der Waals surface area (Å²) in [6.45, 7) is 11.9. The van der Waals surface area contributed by atoms with Gasteiger partial charge in [-0.3, -0.25) is 0 Å². The quantitative estimate of drug-likeness (QED) is 0.609. The maximum absolute atomic E-state index is 9.08. The number of rotatable bonds is 7. The van der Waals surface area contributed by atoms with E-state index in [2.05, 4.69) is 25.4 Å². The lowest BCUT2D eigenvalue weighted by Crippen LogP contribution is -2.32. The molecule has 0 rings (SSSR count). The van der Waals surface area contributed by atoms with Crippen LogP contribution in [0.5, 0.6) is 0 Å². The van der Waals surface area contributed by atoms with E-state index < -0.39 is 0 Å². The average molecular weight is 195 g/mol. The molecule has 0 amide bonds. The second-order valence-electron chi connectivity index (χ2n) is 3.54. The Bertz CT molecular complexity index is 206. The number of allylic oxidation sites excluding steroid dienone is 3. The van der Waals surface area contributed by atoms with E-state index in [1.54, 1.807) is 13.0 Å². The van der Waals surface area contributed by atoms with Crippen molar-refractivity contribution in [3.8, 4) is 0 Å². The lowest BCUT2D eigenvalue weighted by Gasteiger charge is -2.15. The van der Waals surface area contributed by atoms with Crippen LogP contribution in [0.15, 0.2) is 37.0 Å². The average Bonchev–Trinajstić information content (AvgIpc) is 2.14. The Kier molecular flexibility index (Phi) is 7.07. The molecule has 2 atom stereocenters. The van der Waals surface area contributed by atoms with Crippen molar-refractivity contribution in [3.63, 3.8) is 0 Å². The fourth-order valence-corrected chi connectivity index (χ4v) is 1.17. The monoisotopic (exact) mass is 195 g/mol. The molecule has 0 radical (unpaired) electrons. The van der Waals surface area contributed by atoms with E-state index in [0.29, 0.717) is 12.6 Å². The molecule has 1 unspecified atom stereocenters. The minimum atomic E-state index is -0.298. The third-order valence-corrected chi connectivity index (χ3v) is 1.90. The van der Waals surface area contributed by atoms with Crippen molar-refractivity contribution in [2.24, 2.45) is 0 Å². The molecule has 2 heteroatoms. The van der Waals surface area contributed by atoms with Crippen LogP contribution < -0.4 is 5.32 Å². The Hall–Kier alpha value is -0.860. The third kappa shape index (κ3) is 6.63. The van der Waals surface area contributed by atoms with Crippen LogP contribution >= 0.6 is 0 Å². The molecule has 0 aliphatic rings. The SMILES string of the molecule is C=C/C=C(\C=C)CC(C)NC[C@H](C)O. The fourth-order valence-electron chi connectivity index (χ4n) is 1.17. The Labute approximate surface area is 87.0 Å². The van der Waals surface area contributed by atoms with E-state index in [0.717, 1.165) is 12.0 Å². The highest BCUT2D eigenvalue weighted by Gasteiger charge is 2.03. The molecule has 0 saturated carbocycles. The van der Waals surface area contributed by atoms with Crippen molar-refractivity contribution in [1.29, 1.82) is 0 Å². The van der Waals surface area contributed by atoms with E-state index in [9.17, 15) is 0 Å². The lowest BCUT2D eigenvalue weighted by molar-refractivity contribution is 0.187. The number of hydrogen-bond acceptors (Lipinski definition) is 2. The summed E-state index contributed by atoms with van der Waals surface area (Å²) in [5.74, 6) is 0. The first kappa shape index (κ1) is 13.1. The van der Waals surface area contributed by atoms with E-state index >= 15 is 0 Å². The minimum Gasteiger partial charge on any atom is -0.392 e. The largest absolute Gasteiger partial charge is 0.392 e. The summed E-state index contributed by atoms with van der Waals surface area (Å²) in [5, 5.41) is 12.3. The van der Waals surface area contributed by atoms with Gasteiger partial charge in [-0.15, -0.1) is 0 Å². The van der Waals surface area contributed by atoms with Gasteiger partial charge in [0.15, 0.2) is 0 Å². The summed E-state index contributed by atoms with van der Waals surface area (Å²) in [6.07, 6.45) is 6.16. The zero-order valence-electron chi connectivity index (χ0n) is 9.16. The molecule has 0 heterocycles. The third-order valence-electron chi connectivity index (χ3n) is 1.90. The summed E-state index contributed by atoms with van der Waals surface area (Å²) >= 11 is 0. The number of nitrogens with one attached hydrogen (secondary N) is 1. The van der Waals surface area contributed by atoms with E-state index in [1.807, 2.05) is 12.2 Å². The second-order valence-corrected chi connectivity index (χ2v) is 3.54. The number of aliphatic hydroxyl groups excluding tert-OH is 1. The fraction of sp³-hybridized carbons (Fsp3) is 0.500. The van der Waals surface area contributed by atoms with Gasteiger partial charge in [0.2, 0.25) is 0 Å². The maximum atomic E-state index is 9.08. The predicted molar refractivity (Wildman–Crippen MR) is 62.2 cm³/mol. The van der Waals surface area contributed by atoms with Gasteiger partial charge < -0.3 is 10.4 Å². The van der Waals surface area contributed by atoms with Crippen molar-refractivity contribution in [2.45, 2.75) is 32.4 Å². The van der Waals surface area contributed by atoms with Gasteiger partial charge in [0, 0.05) is 12.6 Å². The van der Waals surface area contributed by atoms with Crippen molar-refractivity contribution < 1.29 is 5.11 Å². The molecule has 0 saturated heterocycles. The number of aliphatic hydroxyl groups is 1. The van der Waals surface area contributed by atoms with E-state index in [1.165, 1.54) is 0 Å². The van der Waals surface area contributed by atoms with Crippen LogP contribution in [0.3, 0.4) is 0 Å². The Morgan fingerprint density at radius 1 is 1.43 bits per heavy atom. The summed E-state index contributed by atoms with van der Waals surface area (Å²) in [5.41, 5.74) is 1.16. The molecule has 0 spiro atoms. The first-order chi connectivity index (χ1) is 6.60. The van der Waals surface area contributed by atoms with Gasteiger partial charge >= 0.3 is 0 Å². The van der Waals surface area contributed by atoms with Crippen molar-refractivity contribution >= 4 is 0 Å². The highest BCUT2D eigenvalue weighted by Crippen LogP contribution is 2.06. The van der Waals surface area contributed by atoms with Crippen molar-refractivity contribution in [1.82, 2.24) is 5.32 Å². The molecule has 2 N–H and O–H groups in total. The highest BCUT2D eigenvalue weighted by atomic mass is 16.3. The van der Waals surface area contributed by atoms with Gasteiger partial charge in [-0.25, -0.2) is 0 Å². The molecule has 14 heavy (non-hydrogen) atoms. The topological polar surface area (TPSA) is 32.3 Å². The van der Waals surface area contributed by atoms with E-state index in [-0.39, 0.29) is 6.10 Å². The zero-order valence-corrected chi connectivity index (χ0v) is 9.16. The second kappa shape index (κ2) is 7.54. The molecule has 0 aromatic heterocycles. The van der Waals surface area contributed by atoms with E-state index in [4.69, 9.17) is 5.11 Å². The van der Waals surface area contributed by atoms with Gasteiger partial charge in [-0.05, 0) is 25.8 Å². The van der Waals surface area contributed by atoms with Crippen molar-refractivity contribution in [3.05, 3.63) is 37.0 Å². The molecule has 0 aromatic carbocycles. The summed E-state index contributed by atoms with van der Waals surface area (Å²) in [7, 11) is 0. The molecule has 0 aliphatic heterocycles.